The Morgan fingerprint density at radius 3 is 2.63 bits per heavy atom. The summed E-state index contributed by atoms with van der Waals surface area (Å²) in [5, 5.41) is 9.07. The molecule has 1 aliphatic heterocycles. The van der Waals surface area contributed by atoms with Gasteiger partial charge in [0.2, 0.25) is 0 Å². The van der Waals surface area contributed by atoms with Crippen molar-refractivity contribution in [1.29, 1.82) is 0 Å². The second-order valence-electron chi connectivity index (χ2n) is 4.47. The van der Waals surface area contributed by atoms with Crippen molar-refractivity contribution in [1.82, 2.24) is 4.90 Å². The van der Waals surface area contributed by atoms with Gasteiger partial charge in [-0.2, -0.15) is 0 Å². The van der Waals surface area contributed by atoms with Crippen LogP contribution in [0.4, 0.5) is 8.78 Å². The minimum Gasteiger partial charge on any atom is -0.480 e. The number of carbonyl (C=O) groups is 2. The molecule has 102 valence electrons. The number of benzene rings is 1. The molecule has 1 N–H and O–H groups in total. The molecule has 0 bridgehead atoms. The second kappa shape index (κ2) is 5.34. The first kappa shape index (κ1) is 13.5. The van der Waals surface area contributed by atoms with Crippen LogP contribution in [0.2, 0.25) is 0 Å². The normalized spacial score (nSPS) is 19.3. The van der Waals surface area contributed by atoms with Crippen LogP contribution in [0, 0.1) is 11.6 Å². The van der Waals surface area contributed by atoms with Gasteiger partial charge in [-0.25, -0.2) is 13.6 Å². The monoisotopic (exact) mass is 269 g/mol. The van der Waals surface area contributed by atoms with E-state index >= 15 is 0 Å². The molecule has 2 rings (SSSR count). The summed E-state index contributed by atoms with van der Waals surface area (Å²) in [6.07, 6.45) is 1.74. The average Bonchev–Trinajstić information content (AvgIpc) is 2.38. The minimum atomic E-state index is -1.10. The number of hydrogen-bond acceptors (Lipinski definition) is 2. The molecule has 1 heterocycles. The smallest absolute Gasteiger partial charge is 0.326 e. The highest BCUT2D eigenvalue weighted by atomic mass is 19.1. The van der Waals surface area contributed by atoms with Crippen molar-refractivity contribution in [2.75, 3.05) is 6.54 Å². The van der Waals surface area contributed by atoms with E-state index in [9.17, 15) is 18.4 Å². The lowest BCUT2D eigenvalue weighted by Gasteiger charge is -2.33. The van der Waals surface area contributed by atoms with Gasteiger partial charge < -0.3 is 10.0 Å². The van der Waals surface area contributed by atoms with Gasteiger partial charge in [0.15, 0.2) is 0 Å². The van der Waals surface area contributed by atoms with Crippen molar-refractivity contribution in [2.24, 2.45) is 0 Å². The molecule has 1 amide bonds. The summed E-state index contributed by atoms with van der Waals surface area (Å²) >= 11 is 0. The van der Waals surface area contributed by atoms with E-state index in [1.165, 1.54) is 0 Å². The fraction of sp³-hybridized carbons (Fsp3) is 0.385. The van der Waals surface area contributed by atoms with E-state index in [-0.39, 0.29) is 12.1 Å². The molecule has 19 heavy (non-hydrogen) atoms. The van der Waals surface area contributed by atoms with E-state index in [1.807, 2.05) is 0 Å². The SMILES string of the molecule is O=C(O)C1CCCCN1C(=O)c1ccc(F)cc1F. The zero-order chi connectivity index (χ0) is 14.0. The Labute approximate surface area is 108 Å². The molecule has 1 aromatic rings. The number of aliphatic carboxylic acids is 1. The van der Waals surface area contributed by atoms with E-state index in [4.69, 9.17) is 5.11 Å². The fourth-order valence-corrected chi connectivity index (χ4v) is 2.25. The van der Waals surface area contributed by atoms with Crippen LogP contribution in [-0.4, -0.2) is 34.5 Å². The molecule has 0 aliphatic carbocycles. The fourth-order valence-electron chi connectivity index (χ4n) is 2.25. The van der Waals surface area contributed by atoms with Crippen molar-refractivity contribution in [2.45, 2.75) is 25.3 Å². The maximum atomic E-state index is 13.5. The number of halogens is 2. The van der Waals surface area contributed by atoms with Gasteiger partial charge >= 0.3 is 5.97 Å². The lowest BCUT2D eigenvalue weighted by atomic mass is 10.0. The van der Waals surface area contributed by atoms with E-state index < -0.39 is 29.6 Å². The highest BCUT2D eigenvalue weighted by Crippen LogP contribution is 2.21. The summed E-state index contributed by atoms with van der Waals surface area (Å²) in [4.78, 5) is 24.4. The van der Waals surface area contributed by atoms with Crippen LogP contribution >= 0.6 is 0 Å². The van der Waals surface area contributed by atoms with Crippen molar-refractivity contribution in [3.8, 4) is 0 Å². The highest BCUT2D eigenvalue weighted by Gasteiger charge is 2.33. The van der Waals surface area contributed by atoms with Gasteiger partial charge in [-0.05, 0) is 31.4 Å². The van der Waals surface area contributed by atoms with Crippen molar-refractivity contribution in [3.05, 3.63) is 35.4 Å². The molecule has 1 fully saturated rings. The maximum absolute atomic E-state index is 13.5. The second-order valence-corrected chi connectivity index (χ2v) is 4.47. The van der Waals surface area contributed by atoms with Gasteiger partial charge in [-0.3, -0.25) is 4.79 Å². The molecule has 0 spiro atoms. The summed E-state index contributed by atoms with van der Waals surface area (Å²) < 4.78 is 26.3. The lowest BCUT2D eigenvalue weighted by Crippen LogP contribution is -2.48. The first-order valence-corrected chi connectivity index (χ1v) is 5.99. The van der Waals surface area contributed by atoms with Gasteiger partial charge in [0.25, 0.3) is 5.91 Å². The molecule has 1 saturated heterocycles. The Balaban J connectivity index is 2.28. The van der Waals surface area contributed by atoms with Gasteiger partial charge in [0.05, 0.1) is 5.56 Å². The molecule has 0 saturated carbocycles. The van der Waals surface area contributed by atoms with Crippen LogP contribution in [0.3, 0.4) is 0 Å². The Morgan fingerprint density at radius 1 is 1.26 bits per heavy atom. The first-order chi connectivity index (χ1) is 9.00. The van der Waals surface area contributed by atoms with Gasteiger partial charge in [0.1, 0.15) is 17.7 Å². The standard InChI is InChI=1S/C13H13F2NO3/c14-8-4-5-9(10(15)7-8)12(17)16-6-2-1-3-11(16)13(18)19/h4-5,7,11H,1-3,6H2,(H,18,19). The van der Waals surface area contributed by atoms with Crippen LogP contribution in [0.5, 0.6) is 0 Å². The van der Waals surface area contributed by atoms with Crippen molar-refractivity contribution < 1.29 is 23.5 Å². The summed E-state index contributed by atoms with van der Waals surface area (Å²) in [6, 6.07) is 1.70. The van der Waals surface area contributed by atoms with Crippen molar-refractivity contribution >= 4 is 11.9 Å². The summed E-state index contributed by atoms with van der Waals surface area (Å²) in [7, 11) is 0. The Morgan fingerprint density at radius 2 is 2.00 bits per heavy atom. The highest BCUT2D eigenvalue weighted by molar-refractivity contribution is 5.97. The predicted octanol–water partition coefficient (Wildman–Crippen LogP) is 2.04. The third kappa shape index (κ3) is 2.72. The molecule has 1 aromatic carbocycles. The number of amides is 1. The molecule has 6 heteroatoms. The van der Waals surface area contributed by atoms with E-state index in [0.717, 1.165) is 17.0 Å². The Kier molecular flexibility index (Phi) is 3.78. The molecular formula is C13H13F2NO3. The number of carboxylic acid groups (broad SMARTS) is 1. The summed E-state index contributed by atoms with van der Waals surface area (Å²) in [5.41, 5.74) is -0.297. The van der Waals surface area contributed by atoms with Crippen molar-refractivity contribution in [3.63, 3.8) is 0 Å². The Bertz CT molecular complexity index is 519. The number of hydrogen-bond donors (Lipinski definition) is 1. The summed E-state index contributed by atoms with van der Waals surface area (Å²) in [5.74, 6) is -3.55. The number of piperidine rings is 1. The minimum absolute atomic E-state index is 0.270. The molecular weight excluding hydrogens is 256 g/mol. The maximum Gasteiger partial charge on any atom is 0.326 e. The number of carbonyl (C=O) groups excluding carboxylic acids is 1. The molecule has 0 radical (unpaired) electrons. The molecule has 1 aliphatic rings. The zero-order valence-electron chi connectivity index (χ0n) is 10.1. The Hall–Kier alpha value is -1.98. The van der Waals surface area contributed by atoms with Crippen LogP contribution < -0.4 is 0 Å². The topological polar surface area (TPSA) is 57.6 Å². The predicted molar refractivity (Wildman–Crippen MR) is 62.7 cm³/mol. The zero-order valence-corrected chi connectivity index (χ0v) is 10.1. The van der Waals surface area contributed by atoms with E-state index in [2.05, 4.69) is 0 Å². The van der Waals surface area contributed by atoms with Crippen LogP contribution in [-0.2, 0) is 4.79 Å². The summed E-state index contributed by atoms with van der Waals surface area (Å²) in [6.45, 7) is 0.270. The third-order valence-electron chi connectivity index (χ3n) is 3.21. The number of nitrogens with zero attached hydrogens (tertiary/aromatic N) is 1. The number of carboxylic acids is 1. The first-order valence-electron chi connectivity index (χ1n) is 5.99. The average molecular weight is 269 g/mol. The van der Waals surface area contributed by atoms with Gasteiger partial charge in [0, 0.05) is 12.6 Å². The van der Waals surface area contributed by atoms with Crippen LogP contribution in [0.25, 0.3) is 0 Å². The van der Waals surface area contributed by atoms with Crippen LogP contribution in [0.15, 0.2) is 18.2 Å². The quantitative estimate of drug-likeness (QED) is 0.893. The third-order valence-corrected chi connectivity index (χ3v) is 3.21. The van der Waals surface area contributed by atoms with Crippen LogP contribution in [0.1, 0.15) is 29.6 Å². The van der Waals surface area contributed by atoms with E-state index in [0.29, 0.717) is 25.3 Å². The van der Waals surface area contributed by atoms with Gasteiger partial charge in [-0.15, -0.1) is 0 Å². The van der Waals surface area contributed by atoms with E-state index in [1.54, 1.807) is 0 Å². The molecule has 1 unspecified atom stereocenters. The number of likely N-dealkylation sites (tertiary alicyclic amines) is 1. The number of rotatable bonds is 2. The molecule has 1 atom stereocenters. The molecule has 0 aromatic heterocycles. The van der Waals surface area contributed by atoms with Gasteiger partial charge in [-0.1, -0.05) is 0 Å². The largest absolute Gasteiger partial charge is 0.480 e. The lowest BCUT2D eigenvalue weighted by molar-refractivity contribution is -0.143. The molecule has 4 nitrogen and oxygen atoms in total.